The van der Waals surface area contributed by atoms with Gasteiger partial charge in [0.1, 0.15) is 13.2 Å². The first-order valence-corrected chi connectivity index (χ1v) is 30.1. The molecule has 0 heterocycles. The zero-order chi connectivity index (χ0) is 50.0. The van der Waals surface area contributed by atoms with Crippen LogP contribution in [-0.2, 0) is 28.6 Å². The maximum Gasteiger partial charge on any atom is 0.306 e. The van der Waals surface area contributed by atoms with Crippen molar-refractivity contribution in [3.8, 4) is 0 Å². The van der Waals surface area contributed by atoms with Crippen molar-refractivity contribution >= 4 is 17.9 Å². The van der Waals surface area contributed by atoms with Crippen LogP contribution in [0.1, 0.15) is 316 Å². The third-order valence-electron chi connectivity index (χ3n) is 13.3. The van der Waals surface area contributed by atoms with Gasteiger partial charge < -0.3 is 14.2 Å². The molecule has 0 rings (SSSR count). The molecule has 0 aliphatic carbocycles. The lowest BCUT2D eigenvalue weighted by molar-refractivity contribution is -0.167. The lowest BCUT2D eigenvalue weighted by Gasteiger charge is -2.18. The molecule has 1 unspecified atom stereocenters. The van der Waals surface area contributed by atoms with Gasteiger partial charge in [-0.15, -0.1) is 0 Å². The predicted molar refractivity (Wildman–Crippen MR) is 298 cm³/mol. The number of esters is 3. The number of carbonyl (C=O) groups is 3. The molecule has 0 saturated carbocycles. The monoisotopic (exact) mass is 967 g/mol. The van der Waals surface area contributed by atoms with E-state index in [2.05, 4.69) is 69.4 Å². The molecule has 0 N–H and O–H groups in total. The van der Waals surface area contributed by atoms with Crippen LogP contribution in [0, 0.1) is 0 Å². The van der Waals surface area contributed by atoms with Crippen LogP contribution in [0.4, 0.5) is 0 Å². The first kappa shape index (κ1) is 66.4. The average Bonchev–Trinajstić information content (AvgIpc) is 3.35. The van der Waals surface area contributed by atoms with Crippen LogP contribution in [0.2, 0.25) is 0 Å². The minimum absolute atomic E-state index is 0.0779. The second-order valence-corrected chi connectivity index (χ2v) is 20.3. The fraction of sp³-hybridized carbons (Fsp3) is 0.825. The van der Waals surface area contributed by atoms with Crippen LogP contribution in [0.15, 0.2) is 48.6 Å². The van der Waals surface area contributed by atoms with Crippen LogP contribution >= 0.6 is 0 Å². The molecule has 0 aromatic rings. The van der Waals surface area contributed by atoms with E-state index in [0.717, 1.165) is 96.3 Å². The van der Waals surface area contributed by atoms with Gasteiger partial charge in [-0.3, -0.25) is 14.4 Å². The highest BCUT2D eigenvalue weighted by molar-refractivity contribution is 5.71. The summed E-state index contributed by atoms with van der Waals surface area (Å²) < 4.78 is 16.9. The van der Waals surface area contributed by atoms with Crippen LogP contribution in [0.5, 0.6) is 0 Å². The van der Waals surface area contributed by atoms with Crippen molar-refractivity contribution in [1.29, 1.82) is 0 Å². The summed E-state index contributed by atoms with van der Waals surface area (Å²) in [6, 6.07) is 0. The zero-order valence-corrected chi connectivity index (χ0v) is 46.1. The van der Waals surface area contributed by atoms with Gasteiger partial charge in [-0.1, -0.05) is 268 Å². The summed E-state index contributed by atoms with van der Waals surface area (Å²) in [4.78, 5) is 38.2. The largest absolute Gasteiger partial charge is 0.462 e. The predicted octanol–water partition coefficient (Wildman–Crippen LogP) is 20.2. The van der Waals surface area contributed by atoms with Gasteiger partial charge in [-0.05, 0) is 77.0 Å². The molecule has 6 heteroatoms. The van der Waals surface area contributed by atoms with Gasteiger partial charge in [0, 0.05) is 19.3 Å². The van der Waals surface area contributed by atoms with Gasteiger partial charge in [0.25, 0.3) is 0 Å². The Morgan fingerprint density at radius 2 is 0.551 bits per heavy atom. The lowest BCUT2D eigenvalue weighted by atomic mass is 10.0. The number of rotatable bonds is 55. The fourth-order valence-electron chi connectivity index (χ4n) is 8.75. The van der Waals surface area contributed by atoms with Crippen molar-refractivity contribution in [2.75, 3.05) is 13.2 Å². The van der Waals surface area contributed by atoms with Crippen molar-refractivity contribution in [1.82, 2.24) is 0 Å². The Bertz CT molecular complexity index is 1200. The molecule has 0 aliphatic heterocycles. The Labute approximate surface area is 428 Å². The lowest BCUT2D eigenvalue weighted by Crippen LogP contribution is -2.30. The van der Waals surface area contributed by atoms with E-state index in [1.165, 1.54) is 180 Å². The molecule has 0 aliphatic rings. The molecule has 0 radical (unpaired) electrons. The van der Waals surface area contributed by atoms with Gasteiger partial charge >= 0.3 is 17.9 Å². The summed E-state index contributed by atoms with van der Waals surface area (Å²) in [5, 5.41) is 0. The standard InChI is InChI=1S/C63H114O6/c1-4-7-10-13-16-19-22-25-27-29-30-31-32-34-35-38-41-44-47-50-53-56-62(65)68-59-60(58-67-61(64)55-52-49-46-43-40-37-24-21-18-15-12-9-6-3)69-63(66)57-54-51-48-45-42-39-36-33-28-26-23-20-17-14-11-8-5-2/h12,15,17,20-21,24,26,28,60H,4-11,13-14,16,18-19,22-23,25,27,29-59H2,1-3H3/b15-12-,20-17-,24-21-,28-26-. The van der Waals surface area contributed by atoms with E-state index in [1.807, 2.05) is 0 Å². The summed E-state index contributed by atoms with van der Waals surface area (Å²) in [5.41, 5.74) is 0. The smallest absolute Gasteiger partial charge is 0.306 e. The van der Waals surface area contributed by atoms with Gasteiger partial charge in [0.15, 0.2) is 6.10 Å². The number of allylic oxidation sites excluding steroid dienone is 8. The minimum Gasteiger partial charge on any atom is -0.462 e. The van der Waals surface area contributed by atoms with Crippen molar-refractivity contribution in [3.05, 3.63) is 48.6 Å². The van der Waals surface area contributed by atoms with E-state index < -0.39 is 6.10 Å². The molecule has 0 saturated heterocycles. The molecule has 0 aromatic heterocycles. The molecule has 0 aromatic carbocycles. The van der Waals surface area contributed by atoms with Crippen molar-refractivity contribution < 1.29 is 28.6 Å². The maximum atomic E-state index is 12.9. The van der Waals surface area contributed by atoms with Gasteiger partial charge in [-0.25, -0.2) is 0 Å². The Morgan fingerprint density at radius 1 is 0.290 bits per heavy atom. The third kappa shape index (κ3) is 56.2. The van der Waals surface area contributed by atoms with Crippen LogP contribution < -0.4 is 0 Å². The van der Waals surface area contributed by atoms with Gasteiger partial charge in [0.05, 0.1) is 0 Å². The van der Waals surface area contributed by atoms with Crippen molar-refractivity contribution in [2.45, 2.75) is 322 Å². The highest BCUT2D eigenvalue weighted by atomic mass is 16.6. The van der Waals surface area contributed by atoms with Crippen molar-refractivity contribution in [2.24, 2.45) is 0 Å². The average molecular weight is 968 g/mol. The molecule has 0 amide bonds. The third-order valence-corrected chi connectivity index (χ3v) is 13.3. The number of ether oxygens (including phenoxy) is 3. The van der Waals surface area contributed by atoms with E-state index in [0.29, 0.717) is 19.3 Å². The molecule has 0 spiro atoms. The molecule has 0 fully saturated rings. The Kier molecular flexibility index (Phi) is 55.7. The number of carbonyl (C=O) groups excluding carboxylic acids is 3. The van der Waals surface area contributed by atoms with Gasteiger partial charge in [0.2, 0.25) is 0 Å². The topological polar surface area (TPSA) is 78.9 Å². The number of hydrogen-bond donors (Lipinski definition) is 0. The molecule has 69 heavy (non-hydrogen) atoms. The summed E-state index contributed by atoms with van der Waals surface area (Å²) in [6.45, 7) is 6.58. The van der Waals surface area contributed by atoms with Crippen LogP contribution in [0.3, 0.4) is 0 Å². The van der Waals surface area contributed by atoms with Crippen LogP contribution in [0.25, 0.3) is 0 Å². The van der Waals surface area contributed by atoms with Gasteiger partial charge in [-0.2, -0.15) is 0 Å². The van der Waals surface area contributed by atoms with E-state index in [1.54, 1.807) is 0 Å². The number of unbranched alkanes of at least 4 members (excludes halogenated alkanes) is 36. The summed E-state index contributed by atoms with van der Waals surface area (Å²) in [5.74, 6) is -0.884. The van der Waals surface area contributed by atoms with Crippen molar-refractivity contribution in [3.63, 3.8) is 0 Å². The van der Waals surface area contributed by atoms with E-state index in [9.17, 15) is 14.4 Å². The van der Waals surface area contributed by atoms with Crippen LogP contribution in [-0.4, -0.2) is 37.2 Å². The quantitative estimate of drug-likeness (QED) is 0.0262. The Balaban J connectivity index is 4.31. The van der Waals surface area contributed by atoms with E-state index in [4.69, 9.17) is 14.2 Å². The first-order chi connectivity index (χ1) is 34.0. The molecular weight excluding hydrogens is 853 g/mol. The highest BCUT2D eigenvalue weighted by Gasteiger charge is 2.19. The van der Waals surface area contributed by atoms with E-state index >= 15 is 0 Å². The Hall–Kier alpha value is -2.63. The minimum atomic E-state index is -0.781. The second kappa shape index (κ2) is 57.9. The molecular formula is C63H114O6. The normalized spacial score (nSPS) is 12.3. The summed E-state index contributed by atoms with van der Waals surface area (Å²) in [7, 11) is 0. The maximum absolute atomic E-state index is 12.9. The fourth-order valence-corrected chi connectivity index (χ4v) is 8.75. The summed E-state index contributed by atoms with van der Waals surface area (Å²) >= 11 is 0. The first-order valence-electron chi connectivity index (χ1n) is 30.1. The highest BCUT2D eigenvalue weighted by Crippen LogP contribution is 2.17. The molecule has 0 bridgehead atoms. The molecule has 6 nitrogen and oxygen atoms in total. The van der Waals surface area contributed by atoms with E-state index in [-0.39, 0.29) is 31.1 Å². The Morgan fingerprint density at radius 3 is 0.884 bits per heavy atom. The zero-order valence-electron chi connectivity index (χ0n) is 46.1. The molecule has 1 atom stereocenters. The number of hydrogen-bond acceptors (Lipinski definition) is 6. The summed E-state index contributed by atoms with van der Waals surface area (Å²) in [6.07, 6.45) is 71.1. The molecule has 402 valence electrons. The second-order valence-electron chi connectivity index (χ2n) is 20.3. The SMILES string of the molecule is CCC/C=C\C/C=C\CCCCCCCC(=O)OCC(COC(=O)CCCCCCCCCCCCCCCCCCCCCCC)OC(=O)CCCCCCCCC/C=C\C/C=C\CCCCC.